The molecule has 0 spiro atoms. The van der Waals surface area contributed by atoms with Gasteiger partial charge in [-0.15, -0.1) is 10.2 Å². The van der Waals surface area contributed by atoms with Crippen LogP contribution < -0.4 is 0 Å². The van der Waals surface area contributed by atoms with E-state index in [1.54, 1.807) is 23.0 Å². The fourth-order valence-corrected chi connectivity index (χ4v) is 1.48. The fourth-order valence-electron chi connectivity index (χ4n) is 1.38. The van der Waals surface area contributed by atoms with E-state index >= 15 is 0 Å². The van der Waals surface area contributed by atoms with Crippen molar-refractivity contribution < 1.29 is 0 Å². The summed E-state index contributed by atoms with van der Waals surface area (Å²) in [5.74, 6) is 0.595. The Morgan fingerprint density at radius 1 is 1.42 bits per heavy atom. The third kappa shape index (κ3) is 3.80. The van der Waals surface area contributed by atoms with Crippen LogP contribution in [0, 0.1) is 0 Å². The van der Waals surface area contributed by atoms with Gasteiger partial charge in [0.05, 0.1) is 6.20 Å². The van der Waals surface area contributed by atoms with Crippen molar-refractivity contribution in [3.05, 3.63) is 51.8 Å². The van der Waals surface area contributed by atoms with E-state index in [1.165, 1.54) is 0 Å². The van der Waals surface area contributed by atoms with Gasteiger partial charge in [-0.05, 0) is 24.1 Å². The molecule has 0 unspecified atom stereocenters. The van der Waals surface area contributed by atoms with Crippen molar-refractivity contribution in [3.63, 3.8) is 0 Å². The van der Waals surface area contributed by atoms with Gasteiger partial charge >= 0.3 is 0 Å². The largest absolute Gasteiger partial charge is 0.220 e. The molecule has 2 aromatic heterocycles. The smallest absolute Gasteiger partial charge is 0.175 e. The van der Waals surface area contributed by atoms with Gasteiger partial charge in [0.1, 0.15) is 0 Å². The summed E-state index contributed by atoms with van der Waals surface area (Å²) < 4.78 is 1.61. The molecule has 0 aliphatic carbocycles. The van der Waals surface area contributed by atoms with E-state index in [2.05, 4.69) is 25.3 Å². The lowest BCUT2D eigenvalue weighted by atomic mass is 10.3. The molecule has 7 nitrogen and oxygen atoms in total. The van der Waals surface area contributed by atoms with Crippen molar-refractivity contribution in [1.82, 2.24) is 20.0 Å². The van der Waals surface area contributed by atoms with Gasteiger partial charge in [0.15, 0.2) is 11.0 Å². The SMILES string of the molecule is [N-]=[N+]=NCCC=Cc1cnn(-c2ccc(Cl)nn2)c1. The van der Waals surface area contributed by atoms with E-state index in [4.69, 9.17) is 17.1 Å². The van der Waals surface area contributed by atoms with Crippen molar-refractivity contribution in [2.75, 3.05) is 6.54 Å². The van der Waals surface area contributed by atoms with Crippen LogP contribution in [0.4, 0.5) is 0 Å². The Balaban J connectivity index is 2.02. The predicted molar refractivity (Wildman–Crippen MR) is 71.8 cm³/mol. The van der Waals surface area contributed by atoms with Crippen molar-refractivity contribution in [2.24, 2.45) is 5.11 Å². The summed E-state index contributed by atoms with van der Waals surface area (Å²) in [5, 5.41) is 15.6. The number of halogens is 1. The zero-order valence-electron chi connectivity index (χ0n) is 9.89. The average Bonchev–Trinajstić information content (AvgIpc) is 2.88. The molecule has 8 heteroatoms. The van der Waals surface area contributed by atoms with Crippen LogP contribution in [0.5, 0.6) is 0 Å². The first kappa shape index (κ1) is 13.1. The minimum absolute atomic E-state index is 0.342. The molecule has 0 N–H and O–H groups in total. The molecular weight excluding hydrogens is 266 g/mol. The van der Waals surface area contributed by atoms with E-state index in [0.29, 0.717) is 23.9 Å². The van der Waals surface area contributed by atoms with Crippen LogP contribution in [-0.2, 0) is 0 Å². The molecule has 0 aliphatic heterocycles. The molecule has 0 fully saturated rings. The highest BCUT2D eigenvalue weighted by Gasteiger charge is 2.00. The lowest BCUT2D eigenvalue weighted by molar-refractivity contribution is 0.814. The molecule has 0 saturated heterocycles. The van der Waals surface area contributed by atoms with Gasteiger partial charge in [-0.25, -0.2) is 4.68 Å². The Kier molecular flexibility index (Phi) is 4.49. The molecule has 0 aromatic carbocycles. The van der Waals surface area contributed by atoms with Gasteiger partial charge in [0.2, 0.25) is 0 Å². The van der Waals surface area contributed by atoms with Gasteiger partial charge in [-0.3, -0.25) is 0 Å². The Bertz CT molecular complexity index is 610. The highest BCUT2D eigenvalue weighted by Crippen LogP contribution is 2.08. The average molecular weight is 276 g/mol. The topological polar surface area (TPSA) is 92.4 Å². The molecule has 2 heterocycles. The Hall–Kier alpha value is -2.37. The van der Waals surface area contributed by atoms with Gasteiger partial charge < -0.3 is 0 Å². The quantitative estimate of drug-likeness (QED) is 0.363. The van der Waals surface area contributed by atoms with Gasteiger partial charge in [0, 0.05) is 23.2 Å². The lowest BCUT2D eigenvalue weighted by Gasteiger charge is -1.97. The van der Waals surface area contributed by atoms with E-state index < -0.39 is 0 Å². The molecule has 2 aromatic rings. The second-order valence-corrected chi connectivity index (χ2v) is 3.97. The van der Waals surface area contributed by atoms with Crippen LogP contribution in [0.1, 0.15) is 12.0 Å². The van der Waals surface area contributed by atoms with Crippen LogP contribution in [-0.4, -0.2) is 26.5 Å². The van der Waals surface area contributed by atoms with Crippen LogP contribution >= 0.6 is 11.6 Å². The maximum absolute atomic E-state index is 8.13. The Morgan fingerprint density at radius 3 is 3.05 bits per heavy atom. The van der Waals surface area contributed by atoms with E-state index in [0.717, 1.165) is 5.56 Å². The number of azide groups is 1. The van der Waals surface area contributed by atoms with Gasteiger partial charge in [0.25, 0.3) is 0 Å². The Labute approximate surface area is 114 Å². The van der Waals surface area contributed by atoms with Crippen molar-refractivity contribution in [3.8, 4) is 5.82 Å². The summed E-state index contributed by atoms with van der Waals surface area (Å²) >= 11 is 5.67. The molecule has 0 bridgehead atoms. The second-order valence-electron chi connectivity index (χ2n) is 3.58. The minimum Gasteiger partial charge on any atom is -0.220 e. The van der Waals surface area contributed by atoms with E-state index in [1.807, 2.05) is 18.3 Å². The summed E-state index contributed by atoms with van der Waals surface area (Å²) in [4.78, 5) is 2.68. The molecule has 19 heavy (non-hydrogen) atoms. The summed E-state index contributed by atoms with van der Waals surface area (Å²) in [5.41, 5.74) is 9.06. The van der Waals surface area contributed by atoms with Crippen LogP contribution in [0.15, 0.2) is 35.7 Å². The molecule has 96 valence electrons. The van der Waals surface area contributed by atoms with Gasteiger partial charge in [-0.2, -0.15) is 5.10 Å². The first-order chi connectivity index (χ1) is 9.29. The maximum Gasteiger partial charge on any atom is 0.175 e. The first-order valence-corrected chi connectivity index (χ1v) is 5.89. The van der Waals surface area contributed by atoms with Crippen LogP contribution in [0.3, 0.4) is 0 Å². The van der Waals surface area contributed by atoms with Crippen molar-refractivity contribution >= 4 is 17.7 Å². The van der Waals surface area contributed by atoms with Crippen molar-refractivity contribution in [1.29, 1.82) is 0 Å². The fraction of sp³-hybridized carbons (Fsp3) is 0.182. The van der Waals surface area contributed by atoms with Crippen LogP contribution in [0.2, 0.25) is 5.15 Å². The summed E-state index contributed by atoms with van der Waals surface area (Å²) in [6.45, 7) is 0.448. The van der Waals surface area contributed by atoms with E-state index in [9.17, 15) is 0 Å². The summed E-state index contributed by atoms with van der Waals surface area (Å²) in [6.07, 6.45) is 8.04. The lowest BCUT2D eigenvalue weighted by Crippen LogP contribution is -1.98. The molecular formula is C11H10ClN7. The highest BCUT2D eigenvalue weighted by atomic mass is 35.5. The third-order valence-corrected chi connectivity index (χ3v) is 2.43. The summed E-state index contributed by atoms with van der Waals surface area (Å²) in [6, 6.07) is 3.39. The predicted octanol–water partition coefficient (Wildman–Crippen LogP) is 3.03. The number of hydrogen-bond acceptors (Lipinski definition) is 4. The number of aromatic nitrogens is 4. The number of hydrogen-bond donors (Lipinski definition) is 0. The zero-order chi connectivity index (χ0) is 13.5. The highest BCUT2D eigenvalue weighted by molar-refractivity contribution is 6.29. The first-order valence-electron chi connectivity index (χ1n) is 5.51. The maximum atomic E-state index is 8.13. The van der Waals surface area contributed by atoms with E-state index in [-0.39, 0.29) is 0 Å². The number of rotatable bonds is 5. The molecule has 0 amide bonds. The summed E-state index contributed by atoms with van der Waals surface area (Å²) in [7, 11) is 0. The third-order valence-electron chi connectivity index (χ3n) is 2.22. The zero-order valence-corrected chi connectivity index (χ0v) is 10.6. The molecule has 0 radical (unpaired) electrons. The molecule has 0 atom stereocenters. The minimum atomic E-state index is 0.342. The van der Waals surface area contributed by atoms with Crippen molar-refractivity contribution in [2.45, 2.75) is 6.42 Å². The number of nitrogens with zero attached hydrogens (tertiary/aromatic N) is 7. The second kappa shape index (κ2) is 6.53. The Morgan fingerprint density at radius 2 is 2.32 bits per heavy atom. The van der Waals surface area contributed by atoms with Gasteiger partial charge in [-0.1, -0.05) is 28.9 Å². The van der Waals surface area contributed by atoms with Crippen LogP contribution in [0.25, 0.3) is 22.3 Å². The standard InChI is InChI=1S/C11H10ClN7/c12-10-4-5-11(17-16-10)19-8-9(7-15-19)3-1-2-6-14-18-13/h1,3-5,7-8H,2,6H2. The monoisotopic (exact) mass is 275 g/mol. The molecule has 2 rings (SSSR count). The molecule has 0 saturated carbocycles. The molecule has 0 aliphatic rings. The normalized spacial score (nSPS) is 10.6.